The molecule has 0 fully saturated rings. The van der Waals surface area contributed by atoms with Gasteiger partial charge in [0.25, 0.3) is 0 Å². The SMILES string of the molecule is [2H]C(Oc1ccc(OC)cc1)c1ccccc1. The summed E-state index contributed by atoms with van der Waals surface area (Å²) in [5, 5.41) is 0. The zero-order chi connectivity index (χ0) is 12.1. The van der Waals surface area contributed by atoms with Crippen molar-refractivity contribution in [2.45, 2.75) is 6.58 Å². The average Bonchev–Trinajstić information content (AvgIpc) is 2.40. The maximum atomic E-state index is 7.90. The zero-order valence-corrected chi connectivity index (χ0v) is 9.09. The second-order valence-corrected chi connectivity index (χ2v) is 3.32. The van der Waals surface area contributed by atoms with Crippen LogP contribution in [0.5, 0.6) is 11.5 Å². The predicted molar refractivity (Wildman–Crippen MR) is 63.8 cm³/mol. The highest BCUT2D eigenvalue weighted by Gasteiger charge is 1.96. The van der Waals surface area contributed by atoms with Crippen LogP contribution in [0.1, 0.15) is 6.93 Å². The van der Waals surface area contributed by atoms with E-state index in [9.17, 15) is 0 Å². The van der Waals surface area contributed by atoms with Crippen LogP contribution in [0.4, 0.5) is 0 Å². The van der Waals surface area contributed by atoms with E-state index in [-0.39, 0.29) is 0 Å². The number of hydrogen-bond acceptors (Lipinski definition) is 2. The first-order valence-electron chi connectivity index (χ1n) is 5.65. The molecular weight excluding hydrogens is 200 g/mol. The largest absolute Gasteiger partial charge is 0.497 e. The summed E-state index contributed by atoms with van der Waals surface area (Å²) in [5.41, 5.74) is 0.836. The highest BCUT2D eigenvalue weighted by molar-refractivity contribution is 5.31. The molecule has 0 heterocycles. The van der Waals surface area contributed by atoms with Crippen LogP contribution in [-0.2, 0) is 6.58 Å². The Hall–Kier alpha value is -1.96. The molecule has 0 amide bonds. The van der Waals surface area contributed by atoms with Gasteiger partial charge in [-0.15, -0.1) is 0 Å². The standard InChI is InChI=1S/C14H14O2/c1-15-13-7-9-14(10-8-13)16-11-12-5-3-2-4-6-12/h2-10H,11H2,1H3/i11D. The molecule has 0 aliphatic carbocycles. The van der Waals surface area contributed by atoms with Gasteiger partial charge in [0.2, 0.25) is 0 Å². The van der Waals surface area contributed by atoms with Crippen LogP contribution in [0.15, 0.2) is 54.6 Å². The molecule has 2 aromatic carbocycles. The lowest BCUT2D eigenvalue weighted by molar-refractivity contribution is 0.305. The van der Waals surface area contributed by atoms with Crippen molar-refractivity contribution in [3.8, 4) is 11.5 Å². The maximum Gasteiger partial charge on any atom is 0.120 e. The molecule has 0 radical (unpaired) electrons. The smallest absolute Gasteiger partial charge is 0.120 e. The first kappa shape index (κ1) is 9.28. The Bertz CT molecular complexity index is 453. The third-order valence-corrected chi connectivity index (χ3v) is 2.19. The number of hydrogen-bond donors (Lipinski definition) is 0. The van der Waals surface area contributed by atoms with Crippen LogP contribution in [0, 0.1) is 0 Å². The van der Waals surface area contributed by atoms with Crippen molar-refractivity contribution in [3.63, 3.8) is 0 Å². The van der Waals surface area contributed by atoms with E-state index < -0.39 is 6.58 Å². The maximum absolute atomic E-state index is 7.90. The van der Waals surface area contributed by atoms with E-state index in [2.05, 4.69) is 0 Å². The molecule has 2 nitrogen and oxygen atoms in total. The second-order valence-electron chi connectivity index (χ2n) is 3.32. The van der Waals surface area contributed by atoms with Gasteiger partial charge in [0.05, 0.1) is 8.48 Å². The van der Waals surface area contributed by atoms with Gasteiger partial charge in [-0.25, -0.2) is 0 Å². The summed E-state index contributed by atoms with van der Waals surface area (Å²) in [5.74, 6) is 1.44. The third-order valence-electron chi connectivity index (χ3n) is 2.19. The number of ether oxygens (including phenoxy) is 2. The molecule has 0 saturated heterocycles. The molecule has 0 aromatic heterocycles. The van der Waals surface area contributed by atoms with E-state index in [1.807, 2.05) is 42.5 Å². The summed E-state index contributed by atoms with van der Waals surface area (Å²) >= 11 is 0. The van der Waals surface area contributed by atoms with Crippen molar-refractivity contribution in [1.82, 2.24) is 0 Å². The fraction of sp³-hybridized carbons (Fsp3) is 0.143. The predicted octanol–water partition coefficient (Wildman–Crippen LogP) is 3.27. The Labute approximate surface area is 96.9 Å². The molecule has 82 valence electrons. The molecule has 16 heavy (non-hydrogen) atoms. The van der Waals surface area contributed by atoms with Crippen molar-refractivity contribution >= 4 is 0 Å². The summed E-state index contributed by atoms with van der Waals surface area (Å²) in [6.45, 7) is -0.704. The van der Waals surface area contributed by atoms with E-state index in [1.165, 1.54) is 0 Å². The highest BCUT2D eigenvalue weighted by atomic mass is 16.5. The Morgan fingerprint density at radius 3 is 2.19 bits per heavy atom. The lowest BCUT2D eigenvalue weighted by Gasteiger charge is -2.06. The first-order chi connectivity index (χ1) is 8.29. The molecule has 1 atom stereocenters. The van der Waals surface area contributed by atoms with Crippen LogP contribution in [-0.4, -0.2) is 7.11 Å². The topological polar surface area (TPSA) is 18.5 Å². The summed E-state index contributed by atoms with van der Waals surface area (Å²) in [6, 6.07) is 16.7. The monoisotopic (exact) mass is 215 g/mol. The number of methoxy groups -OCH3 is 1. The van der Waals surface area contributed by atoms with Gasteiger partial charge in [0, 0.05) is 0 Å². The molecule has 2 aromatic rings. The molecule has 0 bridgehead atoms. The molecule has 0 saturated carbocycles. The lowest BCUT2D eigenvalue weighted by atomic mass is 10.2. The summed E-state index contributed by atoms with van der Waals surface area (Å²) < 4.78 is 18.5. The minimum Gasteiger partial charge on any atom is -0.497 e. The van der Waals surface area contributed by atoms with Gasteiger partial charge >= 0.3 is 0 Å². The molecule has 1 unspecified atom stereocenters. The van der Waals surface area contributed by atoms with E-state index in [0.717, 1.165) is 11.3 Å². The minimum absolute atomic E-state index is 0.662. The second kappa shape index (κ2) is 5.21. The van der Waals surface area contributed by atoms with Crippen molar-refractivity contribution in [1.29, 1.82) is 0 Å². The molecule has 0 N–H and O–H groups in total. The van der Waals surface area contributed by atoms with Gasteiger partial charge in [-0.1, -0.05) is 30.3 Å². The minimum atomic E-state index is -0.704. The Morgan fingerprint density at radius 2 is 1.56 bits per heavy atom. The van der Waals surface area contributed by atoms with Gasteiger partial charge in [0.1, 0.15) is 18.1 Å². The van der Waals surface area contributed by atoms with Gasteiger partial charge in [0.15, 0.2) is 0 Å². The van der Waals surface area contributed by atoms with Gasteiger partial charge < -0.3 is 9.47 Å². The third kappa shape index (κ3) is 2.76. The van der Waals surface area contributed by atoms with Crippen molar-refractivity contribution in [3.05, 3.63) is 60.2 Å². The average molecular weight is 215 g/mol. The van der Waals surface area contributed by atoms with Gasteiger partial charge in [-0.2, -0.15) is 0 Å². The summed E-state index contributed by atoms with van der Waals surface area (Å²) in [7, 11) is 1.62. The van der Waals surface area contributed by atoms with E-state index in [0.29, 0.717) is 5.75 Å². The number of benzene rings is 2. The summed E-state index contributed by atoms with van der Waals surface area (Å²) in [6.07, 6.45) is 0. The fourth-order valence-corrected chi connectivity index (χ4v) is 1.32. The van der Waals surface area contributed by atoms with Crippen molar-refractivity contribution in [2.24, 2.45) is 0 Å². The molecule has 0 aliphatic heterocycles. The first-order valence-corrected chi connectivity index (χ1v) is 5.07. The van der Waals surface area contributed by atoms with Crippen molar-refractivity contribution in [2.75, 3.05) is 7.11 Å². The van der Waals surface area contributed by atoms with Crippen LogP contribution >= 0.6 is 0 Å². The van der Waals surface area contributed by atoms with Crippen LogP contribution in [0.2, 0.25) is 0 Å². The molecule has 0 spiro atoms. The van der Waals surface area contributed by atoms with Crippen molar-refractivity contribution < 1.29 is 10.8 Å². The van der Waals surface area contributed by atoms with E-state index in [1.54, 1.807) is 19.2 Å². The van der Waals surface area contributed by atoms with E-state index >= 15 is 0 Å². The van der Waals surface area contributed by atoms with Crippen LogP contribution in [0.3, 0.4) is 0 Å². The normalized spacial score (nSPS) is 12.7. The van der Waals surface area contributed by atoms with Gasteiger partial charge in [-0.3, -0.25) is 0 Å². The van der Waals surface area contributed by atoms with Crippen LogP contribution < -0.4 is 9.47 Å². The molecular formula is C14H14O2. The highest BCUT2D eigenvalue weighted by Crippen LogP contribution is 2.18. The fourth-order valence-electron chi connectivity index (χ4n) is 1.32. The Kier molecular flexibility index (Phi) is 3.02. The Morgan fingerprint density at radius 1 is 0.938 bits per heavy atom. The lowest BCUT2D eigenvalue weighted by Crippen LogP contribution is -1.94. The quantitative estimate of drug-likeness (QED) is 0.779. The molecule has 2 rings (SSSR count). The number of rotatable bonds is 4. The zero-order valence-electron chi connectivity index (χ0n) is 10.1. The molecule has 2 heteroatoms. The molecule has 0 aliphatic rings. The van der Waals surface area contributed by atoms with Gasteiger partial charge in [-0.05, 0) is 29.8 Å². The van der Waals surface area contributed by atoms with E-state index in [4.69, 9.17) is 10.8 Å². The summed E-state index contributed by atoms with van der Waals surface area (Å²) in [4.78, 5) is 0. The Balaban J connectivity index is 2.05. The van der Waals surface area contributed by atoms with Crippen LogP contribution in [0.25, 0.3) is 0 Å².